The van der Waals surface area contributed by atoms with Crippen molar-refractivity contribution in [2.75, 3.05) is 6.61 Å². The van der Waals surface area contributed by atoms with Gasteiger partial charge in [-0.2, -0.15) is 0 Å². The fourth-order valence-corrected chi connectivity index (χ4v) is 2.91. The summed E-state index contributed by atoms with van der Waals surface area (Å²) in [6.45, 7) is 4.87. The molecule has 0 amide bonds. The Kier molecular flexibility index (Phi) is 21.1. The van der Waals surface area contributed by atoms with Gasteiger partial charge in [-0.15, -0.1) is 0 Å². The number of hydrogen-bond donors (Lipinski definition) is 0. The van der Waals surface area contributed by atoms with Gasteiger partial charge in [0.2, 0.25) is 0 Å². The normalized spacial score (nSPS) is 11.6. The Morgan fingerprint density at radius 3 is 1.77 bits per heavy atom. The van der Waals surface area contributed by atoms with Crippen LogP contribution in [-0.2, 0) is 9.53 Å². The van der Waals surface area contributed by atoms with Gasteiger partial charge < -0.3 is 4.74 Å². The third-order valence-electron chi connectivity index (χ3n) is 4.56. The molecule has 0 fully saturated rings. The van der Waals surface area contributed by atoms with Gasteiger partial charge in [0.05, 0.1) is 6.61 Å². The monoisotopic (exact) mass is 364 g/mol. The molecular formula is C24H44O2. The van der Waals surface area contributed by atoms with E-state index in [1.807, 2.05) is 6.92 Å². The highest BCUT2D eigenvalue weighted by Crippen LogP contribution is 2.10. The largest absolute Gasteiger partial charge is 0.466 e. The first-order valence-corrected chi connectivity index (χ1v) is 11.3. The van der Waals surface area contributed by atoms with E-state index in [-0.39, 0.29) is 5.97 Å². The molecule has 0 aromatic carbocycles. The summed E-state index contributed by atoms with van der Waals surface area (Å²) in [5.74, 6) is -0.0375. The van der Waals surface area contributed by atoms with Gasteiger partial charge in [-0.3, -0.25) is 4.79 Å². The number of unbranched alkanes of at least 4 members (excludes halogenated alkanes) is 11. The Balaban J connectivity index is 3.17. The molecule has 0 unspecified atom stereocenters. The number of rotatable bonds is 19. The van der Waals surface area contributed by atoms with Crippen molar-refractivity contribution in [1.82, 2.24) is 0 Å². The van der Waals surface area contributed by atoms with E-state index in [1.54, 1.807) is 0 Å². The Morgan fingerprint density at radius 2 is 1.19 bits per heavy atom. The molecule has 2 nitrogen and oxygen atoms in total. The summed E-state index contributed by atoms with van der Waals surface area (Å²) in [5.41, 5.74) is 0. The molecule has 0 heterocycles. The van der Waals surface area contributed by atoms with Crippen LogP contribution in [0.25, 0.3) is 0 Å². The van der Waals surface area contributed by atoms with Gasteiger partial charge in [-0.25, -0.2) is 0 Å². The van der Waals surface area contributed by atoms with Crippen molar-refractivity contribution < 1.29 is 9.53 Å². The van der Waals surface area contributed by atoms with Crippen molar-refractivity contribution in [2.24, 2.45) is 0 Å². The van der Waals surface area contributed by atoms with Crippen LogP contribution in [0, 0.1) is 0 Å². The van der Waals surface area contributed by atoms with Crippen LogP contribution in [0.5, 0.6) is 0 Å². The topological polar surface area (TPSA) is 26.3 Å². The highest BCUT2D eigenvalue weighted by molar-refractivity contribution is 5.69. The summed E-state index contributed by atoms with van der Waals surface area (Å²) >= 11 is 0. The molecule has 0 saturated carbocycles. The molecule has 0 aliphatic heterocycles. The lowest BCUT2D eigenvalue weighted by Crippen LogP contribution is -2.04. The van der Waals surface area contributed by atoms with Crippen molar-refractivity contribution in [2.45, 2.75) is 117 Å². The van der Waals surface area contributed by atoms with Crippen molar-refractivity contribution in [3.8, 4) is 0 Å². The molecule has 2 heteroatoms. The zero-order valence-electron chi connectivity index (χ0n) is 17.6. The van der Waals surface area contributed by atoms with Crippen LogP contribution in [-0.4, -0.2) is 12.6 Å². The molecule has 0 atom stereocenters. The van der Waals surface area contributed by atoms with E-state index in [4.69, 9.17) is 4.74 Å². The third kappa shape index (κ3) is 21.0. The SMILES string of the molecule is CCCCC/C=C\C/C=C\CCCCCCCCCCOC(=O)CCC. The minimum atomic E-state index is -0.0375. The number of carbonyl (C=O) groups excluding carboxylic acids is 1. The Bertz CT molecular complexity index is 344. The standard InChI is InChI=1S/C24H44O2/c1-3-5-6-7-8-9-10-11-12-13-14-15-16-17-18-19-20-21-23-26-24(25)22-4-2/h8-9,11-12H,3-7,10,13-23H2,1-2H3/b9-8-,12-11-. The molecule has 0 N–H and O–H groups in total. The molecule has 0 rings (SSSR count). The number of esters is 1. The molecule has 0 spiro atoms. The minimum Gasteiger partial charge on any atom is -0.466 e. The van der Waals surface area contributed by atoms with Crippen LogP contribution in [0.1, 0.15) is 117 Å². The van der Waals surface area contributed by atoms with Crippen LogP contribution in [0.2, 0.25) is 0 Å². The first-order valence-electron chi connectivity index (χ1n) is 11.3. The van der Waals surface area contributed by atoms with Gasteiger partial charge in [-0.05, 0) is 44.9 Å². The summed E-state index contributed by atoms with van der Waals surface area (Å²) in [4.78, 5) is 11.2. The van der Waals surface area contributed by atoms with E-state index < -0.39 is 0 Å². The predicted octanol–water partition coefficient (Wildman–Crippen LogP) is 7.92. The average molecular weight is 365 g/mol. The maximum absolute atomic E-state index is 11.2. The van der Waals surface area contributed by atoms with Crippen LogP contribution in [0.15, 0.2) is 24.3 Å². The second kappa shape index (κ2) is 22.0. The molecule has 0 bridgehead atoms. The van der Waals surface area contributed by atoms with Crippen molar-refractivity contribution in [1.29, 1.82) is 0 Å². The summed E-state index contributed by atoms with van der Waals surface area (Å²) in [7, 11) is 0. The molecule has 0 aromatic heterocycles. The molecule has 26 heavy (non-hydrogen) atoms. The lowest BCUT2D eigenvalue weighted by Gasteiger charge is -2.04. The molecule has 0 aliphatic rings. The van der Waals surface area contributed by atoms with Crippen LogP contribution >= 0.6 is 0 Å². The lowest BCUT2D eigenvalue weighted by molar-refractivity contribution is -0.143. The molecule has 0 aromatic rings. The van der Waals surface area contributed by atoms with Gasteiger partial charge in [-0.1, -0.05) is 89.5 Å². The van der Waals surface area contributed by atoms with E-state index >= 15 is 0 Å². The number of carbonyl (C=O) groups is 1. The summed E-state index contributed by atoms with van der Waals surface area (Å²) in [6, 6.07) is 0. The first-order chi connectivity index (χ1) is 12.8. The number of allylic oxidation sites excluding steroid dienone is 4. The lowest BCUT2D eigenvalue weighted by atomic mass is 10.1. The van der Waals surface area contributed by atoms with E-state index in [0.717, 1.165) is 19.3 Å². The molecular weight excluding hydrogens is 320 g/mol. The molecule has 0 aliphatic carbocycles. The van der Waals surface area contributed by atoms with E-state index in [1.165, 1.54) is 77.0 Å². The van der Waals surface area contributed by atoms with Gasteiger partial charge in [0.25, 0.3) is 0 Å². The Labute approximate surface area is 163 Å². The first kappa shape index (κ1) is 24.9. The quantitative estimate of drug-likeness (QED) is 0.132. The molecule has 0 radical (unpaired) electrons. The van der Waals surface area contributed by atoms with Gasteiger partial charge in [0.15, 0.2) is 0 Å². The summed E-state index contributed by atoms with van der Waals surface area (Å²) in [6.07, 6.45) is 28.5. The number of ether oxygens (including phenoxy) is 1. The fourth-order valence-electron chi connectivity index (χ4n) is 2.91. The second-order valence-electron chi connectivity index (χ2n) is 7.26. The highest BCUT2D eigenvalue weighted by atomic mass is 16.5. The van der Waals surface area contributed by atoms with Gasteiger partial charge in [0.1, 0.15) is 0 Å². The molecule has 0 saturated heterocycles. The zero-order chi connectivity index (χ0) is 19.1. The average Bonchev–Trinajstić information content (AvgIpc) is 2.64. The Hall–Kier alpha value is -1.05. The fraction of sp³-hybridized carbons (Fsp3) is 0.792. The summed E-state index contributed by atoms with van der Waals surface area (Å²) in [5, 5.41) is 0. The molecule has 152 valence electrons. The van der Waals surface area contributed by atoms with Gasteiger partial charge in [0, 0.05) is 6.42 Å². The Morgan fingerprint density at radius 1 is 0.654 bits per heavy atom. The maximum Gasteiger partial charge on any atom is 0.305 e. The van der Waals surface area contributed by atoms with E-state index in [9.17, 15) is 4.79 Å². The van der Waals surface area contributed by atoms with Crippen molar-refractivity contribution in [3.63, 3.8) is 0 Å². The van der Waals surface area contributed by atoms with Crippen LogP contribution in [0.3, 0.4) is 0 Å². The second-order valence-corrected chi connectivity index (χ2v) is 7.26. The van der Waals surface area contributed by atoms with Crippen molar-refractivity contribution in [3.05, 3.63) is 24.3 Å². The summed E-state index contributed by atoms with van der Waals surface area (Å²) < 4.78 is 5.16. The predicted molar refractivity (Wildman–Crippen MR) is 114 cm³/mol. The third-order valence-corrected chi connectivity index (χ3v) is 4.56. The smallest absolute Gasteiger partial charge is 0.305 e. The van der Waals surface area contributed by atoms with Crippen molar-refractivity contribution >= 4 is 5.97 Å². The van der Waals surface area contributed by atoms with Crippen LogP contribution in [0.4, 0.5) is 0 Å². The minimum absolute atomic E-state index is 0.0375. The highest BCUT2D eigenvalue weighted by Gasteiger charge is 1.99. The maximum atomic E-state index is 11.2. The van der Waals surface area contributed by atoms with E-state index in [0.29, 0.717) is 13.0 Å². The van der Waals surface area contributed by atoms with Gasteiger partial charge >= 0.3 is 5.97 Å². The zero-order valence-corrected chi connectivity index (χ0v) is 17.6. The van der Waals surface area contributed by atoms with Crippen LogP contribution < -0.4 is 0 Å². The van der Waals surface area contributed by atoms with E-state index in [2.05, 4.69) is 31.2 Å². The number of hydrogen-bond acceptors (Lipinski definition) is 2.